The highest BCUT2D eigenvalue weighted by Gasteiger charge is 2.26. The molecule has 21 heavy (non-hydrogen) atoms. The lowest BCUT2D eigenvalue weighted by Crippen LogP contribution is -2.32. The molecule has 1 aromatic carbocycles. The molecule has 2 heterocycles. The number of hydrogen-bond donors (Lipinski definition) is 1. The van der Waals surface area contributed by atoms with E-state index in [1.807, 2.05) is 32.0 Å². The van der Waals surface area contributed by atoms with Gasteiger partial charge in [0.25, 0.3) is 0 Å². The SMILES string of the molecule is Cc1nc(CN2CCCC2CC(C)O)nc2ccccc12. The second-order valence-corrected chi connectivity index (χ2v) is 6.09. The number of likely N-dealkylation sites (tertiary alicyclic amines) is 1. The maximum atomic E-state index is 9.62. The molecule has 1 fully saturated rings. The van der Waals surface area contributed by atoms with E-state index in [1.165, 1.54) is 6.42 Å². The maximum absolute atomic E-state index is 9.62. The van der Waals surface area contributed by atoms with Crippen molar-refractivity contribution in [2.24, 2.45) is 0 Å². The van der Waals surface area contributed by atoms with Crippen molar-refractivity contribution in [3.8, 4) is 0 Å². The summed E-state index contributed by atoms with van der Waals surface area (Å²) in [7, 11) is 0. The van der Waals surface area contributed by atoms with E-state index in [0.29, 0.717) is 6.04 Å². The third-order valence-electron chi connectivity index (χ3n) is 4.30. The number of benzene rings is 1. The standard InChI is InChI=1S/C17H23N3O/c1-12(21)10-14-6-5-9-20(14)11-17-18-13(2)15-7-3-4-8-16(15)19-17/h3-4,7-8,12,14,21H,5-6,9-11H2,1-2H3. The molecule has 2 unspecified atom stereocenters. The fraction of sp³-hybridized carbons (Fsp3) is 0.529. The predicted molar refractivity (Wildman–Crippen MR) is 84.0 cm³/mol. The van der Waals surface area contributed by atoms with Crippen LogP contribution in [-0.4, -0.2) is 38.7 Å². The molecule has 4 heteroatoms. The molecule has 2 atom stereocenters. The summed E-state index contributed by atoms with van der Waals surface area (Å²) in [6, 6.07) is 8.62. The average Bonchev–Trinajstić information content (AvgIpc) is 2.85. The predicted octanol–water partition coefficient (Wildman–Crippen LogP) is 2.67. The zero-order valence-corrected chi connectivity index (χ0v) is 12.8. The number of nitrogens with zero attached hydrogens (tertiary/aromatic N) is 3. The van der Waals surface area contributed by atoms with Crippen LogP contribution in [-0.2, 0) is 6.54 Å². The Kier molecular flexibility index (Phi) is 4.17. The molecule has 112 valence electrons. The molecule has 3 rings (SSSR count). The molecular formula is C17H23N3O. The number of aromatic nitrogens is 2. The second kappa shape index (κ2) is 6.08. The molecule has 4 nitrogen and oxygen atoms in total. The van der Waals surface area contributed by atoms with E-state index in [-0.39, 0.29) is 6.10 Å². The number of rotatable bonds is 4. The van der Waals surface area contributed by atoms with Crippen LogP contribution in [0.2, 0.25) is 0 Å². The van der Waals surface area contributed by atoms with Gasteiger partial charge < -0.3 is 5.11 Å². The second-order valence-electron chi connectivity index (χ2n) is 6.09. The van der Waals surface area contributed by atoms with Crippen molar-refractivity contribution < 1.29 is 5.11 Å². The number of fused-ring (bicyclic) bond motifs is 1. The van der Waals surface area contributed by atoms with Gasteiger partial charge in [-0.15, -0.1) is 0 Å². The Hall–Kier alpha value is -1.52. The van der Waals surface area contributed by atoms with Crippen LogP contribution in [0.25, 0.3) is 10.9 Å². The van der Waals surface area contributed by atoms with Gasteiger partial charge in [0.15, 0.2) is 0 Å². The Morgan fingerprint density at radius 1 is 1.33 bits per heavy atom. The molecular weight excluding hydrogens is 262 g/mol. The van der Waals surface area contributed by atoms with Gasteiger partial charge >= 0.3 is 0 Å². The number of aliphatic hydroxyl groups is 1. The minimum absolute atomic E-state index is 0.241. The molecule has 2 aromatic rings. The van der Waals surface area contributed by atoms with E-state index in [2.05, 4.69) is 16.0 Å². The van der Waals surface area contributed by atoms with Gasteiger partial charge in [-0.3, -0.25) is 4.90 Å². The lowest BCUT2D eigenvalue weighted by Gasteiger charge is -2.24. The summed E-state index contributed by atoms with van der Waals surface area (Å²) in [6.45, 7) is 5.77. The summed E-state index contributed by atoms with van der Waals surface area (Å²) in [5.74, 6) is 0.892. The van der Waals surface area contributed by atoms with Crippen LogP contribution < -0.4 is 0 Å². The maximum Gasteiger partial charge on any atom is 0.143 e. The molecule has 0 radical (unpaired) electrons. The van der Waals surface area contributed by atoms with Crippen LogP contribution in [0.5, 0.6) is 0 Å². The van der Waals surface area contributed by atoms with Gasteiger partial charge in [0.1, 0.15) is 5.82 Å². The van der Waals surface area contributed by atoms with Crippen molar-refractivity contribution in [1.82, 2.24) is 14.9 Å². The first-order valence-electron chi connectivity index (χ1n) is 7.78. The average molecular weight is 285 g/mol. The molecule has 1 aliphatic heterocycles. The summed E-state index contributed by atoms with van der Waals surface area (Å²) in [5, 5.41) is 10.8. The van der Waals surface area contributed by atoms with Crippen molar-refractivity contribution in [3.63, 3.8) is 0 Å². The zero-order valence-electron chi connectivity index (χ0n) is 12.8. The van der Waals surface area contributed by atoms with E-state index in [9.17, 15) is 5.11 Å². The van der Waals surface area contributed by atoms with Gasteiger partial charge in [-0.25, -0.2) is 9.97 Å². The molecule has 0 amide bonds. The zero-order chi connectivity index (χ0) is 14.8. The smallest absolute Gasteiger partial charge is 0.143 e. The Balaban J connectivity index is 1.81. The first-order chi connectivity index (χ1) is 10.1. The lowest BCUT2D eigenvalue weighted by atomic mass is 10.1. The topological polar surface area (TPSA) is 49.2 Å². The van der Waals surface area contributed by atoms with Crippen molar-refractivity contribution in [1.29, 1.82) is 0 Å². The largest absolute Gasteiger partial charge is 0.393 e. The van der Waals surface area contributed by atoms with Crippen LogP contribution >= 0.6 is 0 Å². The minimum atomic E-state index is -0.241. The van der Waals surface area contributed by atoms with Crippen LogP contribution in [0.15, 0.2) is 24.3 Å². The molecule has 1 aliphatic rings. The molecule has 1 N–H and O–H groups in total. The highest BCUT2D eigenvalue weighted by molar-refractivity contribution is 5.80. The fourth-order valence-electron chi connectivity index (χ4n) is 3.31. The lowest BCUT2D eigenvalue weighted by molar-refractivity contribution is 0.129. The molecule has 0 bridgehead atoms. The Morgan fingerprint density at radius 2 is 2.14 bits per heavy atom. The summed E-state index contributed by atoms with van der Waals surface area (Å²) in [5.41, 5.74) is 2.06. The minimum Gasteiger partial charge on any atom is -0.393 e. The molecule has 0 saturated carbocycles. The summed E-state index contributed by atoms with van der Waals surface area (Å²) in [6.07, 6.45) is 2.96. The normalized spacial score (nSPS) is 21.0. The van der Waals surface area contributed by atoms with Gasteiger partial charge in [0.05, 0.1) is 18.2 Å². The number of aliphatic hydroxyl groups excluding tert-OH is 1. The number of hydrogen-bond acceptors (Lipinski definition) is 4. The van der Waals surface area contributed by atoms with Crippen LogP contribution in [0.1, 0.15) is 37.7 Å². The summed E-state index contributed by atoms with van der Waals surface area (Å²) in [4.78, 5) is 11.8. The first kappa shape index (κ1) is 14.4. The Bertz CT molecular complexity index is 626. The van der Waals surface area contributed by atoms with Crippen molar-refractivity contribution in [3.05, 3.63) is 35.8 Å². The third-order valence-corrected chi connectivity index (χ3v) is 4.30. The Morgan fingerprint density at radius 3 is 2.95 bits per heavy atom. The van der Waals surface area contributed by atoms with Crippen LogP contribution in [0.3, 0.4) is 0 Å². The molecule has 0 spiro atoms. The molecule has 1 aromatic heterocycles. The van der Waals surface area contributed by atoms with Gasteiger partial charge in [0, 0.05) is 17.1 Å². The highest BCUT2D eigenvalue weighted by atomic mass is 16.3. The van der Waals surface area contributed by atoms with E-state index >= 15 is 0 Å². The third kappa shape index (κ3) is 3.22. The van der Waals surface area contributed by atoms with E-state index in [4.69, 9.17) is 4.98 Å². The van der Waals surface area contributed by atoms with Gasteiger partial charge in [-0.05, 0) is 45.7 Å². The van der Waals surface area contributed by atoms with E-state index < -0.39 is 0 Å². The van der Waals surface area contributed by atoms with E-state index in [1.54, 1.807) is 0 Å². The highest BCUT2D eigenvalue weighted by Crippen LogP contribution is 2.23. The van der Waals surface area contributed by atoms with Crippen LogP contribution in [0.4, 0.5) is 0 Å². The first-order valence-corrected chi connectivity index (χ1v) is 7.78. The van der Waals surface area contributed by atoms with Gasteiger partial charge in [-0.2, -0.15) is 0 Å². The van der Waals surface area contributed by atoms with Gasteiger partial charge in [-0.1, -0.05) is 18.2 Å². The van der Waals surface area contributed by atoms with Crippen molar-refractivity contribution >= 4 is 10.9 Å². The van der Waals surface area contributed by atoms with Crippen LogP contribution in [0, 0.1) is 6.92 Å². The van der Waals surface area contributed by atoms with Gasteiger partial charge in [0.2, 0.25) is 0 Å². The van der Waals surface area contributed by atoms with Crippen molar-refractivity contribution in [2.75, 3.05) is 6.54 Å². The monoisotopic (exact) mass is 285 g/mol. The summed E-state index contributed by atoms with van der Waals surface area (Å²) >= 11 is 0. The number of para-hydroxylation sites is 1. The number of aryl methyl sites for hydroxylation is 1. The Labute approximate surface area is 125 Å². The molecule has 1 saturated heterocycles. The van der Waals surface area contributed by atoms with Crippen molar-refractivity contribution in [2.45, 2.75) is 51.8 Å². The summed E-state index contributed by atoms with van der Waals surface area (Å²) < 4.78 is 0. The molecule has 0 aliphatic carbocycles. The quantitative estimate of drug-likeness (QED) is 0.938. The fourth-order valence-corrected chi connectivity index (χ4v) is 3.31. The van der Waals surface area contributed by atoms with E-state index in [0.717, 1.165) is 48.4 Å².